The lowest BCUT2D eigenvalue weighted by atomic mass is 10.2. The minimum Gasteiger partial charge on any atom is -0.450 e. The molecule has 0 saturated carbocycles. The van der Waals surface area contributed by atoms with E-state index in [2.05, 4.69) is 97.8 Å². The van der Waals surface area contributed by atoms with Crippen molar-refractivity contribution in [1.82, 2.24) is 14.7 Å². The molecule has 0 bridgehead atoms. The van der Waals surface area contributed by atoms with Gasteiger partial charge in [-0.25, -0.2) is 9.59 Å². The van der Waals surface area contributed by atoms with Gasteiger partial charge in [-0.15, -0.1) is 0 Å². The second kappa shape index (κ2) is 35.4. The molecule has 0 radical (unpaired) electrons. The fraction of sp³-hybridized carbons (Fsp3) is 0.931. The Bertz CT molecular complexity index is 392. The highest BCUT2D eigenvalue weighted by Gasteiger charge is 2.15. The number of carbonyl (C=O) groups is 2. The Balaban J connectivity index is -0.000000125. The minimum absolute atomic E-state index is 0.667. The van der Waals surface area contributed by atoms with Crippen LogP contribution in [0.3, 0.4) is 0 Å². The first kappa shape index (κ1) is 46.3. The summed E-state index contributed by atoms with van der Waals surface area (Å²) in [6.07, 6.45) is 4.08. The fourth-order valence-corrected chi connectivity index (χ4v) is 4.36. The number of hydrogen-bond donors (Lipinski definition) is 4. The molecule has 4 N–H and O–H groups in total. The first-order chi connectivity index (χ1) is 17.6. The zero-order valence-corrected chi connectivity index (χ0v) is 27.2. The quantitative estimate of drug-likeness (QED) is 0.160. The summed E-state index contributed by atoms with van der Waals surface area (Å²) in [7, 11) is 0. The van der Waals surface area contributed by atoms with Crippen LogP contribution in [0.15, 0.2) is 0 Å². The molecule has 0 aliphatic carbocycles. The topological polar surface area (TPSA) is 125 Å². The van der Waals surface area contributed by atoms with Gasteiger partial charge in [0.2, 0.25) is 0 Å². The Morgan fingerprint density at radius 3 is 0.632 bits per heavy atom. The summed E-state index contributed by atoms with van der Waals surface area (Å²) in [6.45, 7) is 34.7. The lowest BCUT2D eigenvalue weighted by Gasteiger charge is -2.34. The smallest absolute Gasteiger partial charge is 0.450 e. The molecule has 0 unspecified atom stereocenters. The fourth-order valence-electron chi connectivity index (χ4n) is 4.36. The van der Waals surface area contributed by atoms with E-state index in [1.165, 1.54) is 77.8 Å². The minimum atomic E-state index is -1.83. The Hall–Kier alpha value is -1.58. The normalized spacial score (nSPS) is 10.3. The number of hydrogen-bond acceptors (Lipinski definition) is 5. The molecule has 0 aromatic heterocycles. The summed E-state index contributed by atoms with van der Waals surface area (Å²) in [5, 5.41) is 27.9. The van der Waals surface area contributed by atoms with Crippen molar-refractivity contribution < 1.29 is 30.0 Å². The van der Waals surface area contributed by atoms with E-state index >= 15 is 0 Å². The lowest BCUT2D eigenvalue weighted by Crippen LogP contribution is -2.42. The van der Waals surface area contributed by atoms with Crippen LogP contribution in [0, 0.1) is 0 Å². The maximum absolute atomic E-state index is 8.56. The highest BCUT2D eigenvalue weighted by molar-refractivity contribution is 5.53. The zero-order chi connectivity index (χ0) is 31.1. The van der Waals surface area contributed by atoms with E-state index in [9.17, 15) is 0 Å². The molecule has 9 nitrogen and oxygen atoms in total. The van der Waals surface area contributed by atoms with Gasteiger partial charge in [-0.3, -0.25) is 4.90 Å². The second-order valence-corrected chi connectivity index (χ2v) is 9.98. The van der Waals surface area contributed by atoms with Crippen molar-refractivity contribution >= 4 is 12.3 Å². The van der Waals surface area contributed by atoms with Crippen LogP contribution < -0.4 is 0 Å². The molecule has 9 heteroatoms. The van der Waals surface area contributed by atoms with E-state index < -0.39 is 12.3 Å². The number of rotatable bonds is 15. The maximum atomic E-state index is 8.56. The van der Waals surface area contributed by atoms with Gasteiger partial charge in [-0.1, -0.05) is 41.5 Å². The van der Waals surface area contributed by atoms with E-state index in [1.807, 2.05) is 0 Å². The van der Waals surface area contributed by atoms with Gasteiger partial charge in [0, 0.05) is 18.1 Å². The summed E-state index contributed by atoms with van der Waals surface area (Å²) in [4.78, 5) is 24.7. The molecule has 0 aliphatic rings. The van der Waals surface area contributed by atoms with Gasteiger partial charge in [0.05, 0.1) is 0 Å². The largest absolute Gasteiger partial charge is 0.503 e. The Labute approximate surface area is 236 Å². The van der Waals surface area contributed by atoms with Crippen molar-refractivity contribution in [2.24, 2.45) is 0 Å². The average Bonchev–Trinajstić information content (AvgIpc) is 2.74. The van der Waals surface area contributed by atoms with Gasteiger partial charge in [0.1, 0.15) is 0 Å². The van der Waals surface area contributed by atoms with Crippen LogP contribution >= 0.6 is 0 Å². The van der Waals surface area contributed by atoms with Crippen molar-refractivity contribution in [1.29, 1.82) is 0 Å². The molecule has 0 amide bonds. The van der Waals surface area contributed by atoms with E-state index in [0.29, 0.717) is 18.1 Å². The summed E-state index contributed by atoms with van der Waals surface area (Å²) in [5.74, 6) is 0. The van der Waals surface area contributed by atoms with E-state index in [0.717, 1.165) is 0 Å². The molecular weight excluding hydrogens is 486 g/mol. The first-order valence-corrected chi connectivity index (χ1v) is 14.7. The van der Waals surface area contributed by atoms with Crippen LogP contribution in [0.1, 0.15) is 122 Å². The molecule has 234 valence electrons. The Morgan fingerprint density at radius 1 is 0.447 bits per heavy atom. The molecule has 0 heterocycles. The van der Waals surface area contributed by atoms with Crippen molar-refractivity contribution in [3.8, 4) is 0 Å². The Morgan fingerprint density at radius 2 is 0.579 bits per heavy atom. The van der Waals surface area contributed by atoms with E-state index in [1.54, 1.807) is 0 Å². The van der Waals surface area contributed by atoms with Crippen molar-refractivity contribution in [2.75, 3.05) is 39.3 Å². The predicted molar refractivity (Wildman–Crippen MR) is 163 cm³/mol. The van der Waals surface area contributed by atoms with Crippen LogP contribution in [-0.4, -0.2) is 105 Å². The molecule has 0 aromatic rings. The van der Waals surface area contributed by atoms with Crippen molar-refractivity contribution in [3.63, 3.8) is 0 Å². The Kier molecular flexibility index (Phi) is 43.1. The number of carboxylic acid groups (broad SMARTS) is 4. The van der Waals surface area contributed by atoms with Gasteiger partial charge in [0.15, 0.2) is 0 Å². The van der Waals surface area contributed by atoms with Gasteiger partial charge in [-0.2, -0.15) is 0 Å². The summed E-state index contributed by atoms with van der Waals surface area (Å²) >= 11 is 0. The third-order valence-corrected chi connectivity index (χ3v) is 5.03. The van der Waals surface area contributed by atoms with Gasteiger partial charge >= 0.3 is 12.3 Å². The summed E-state index contributed by atoms with van der Waals surface area (Å²) in [5.41, 5.74) is 0. The van der Waals surface area contributed by atoms with Crippen LogP contribution in [0.25, 0.3) is 0 Å². The molecule has 0 rings (SSSR count). The molecule has 0 atom stereocenters. The molecular formula is C29H67N3O6. The third-order valence-electron chi connectivity index (χ3n) is 5.03. The first-order valence-electron chi connectivity index (χ1n) is 14.7. The predicted octanol–water partition coefficient (Wildman–Crippen LogP) is 8.00. The van der Waals surface area contributed by atoms with Crippen LogP contribution in [0.2, 0.25) is 0 Å². The summed E-state index contributed by atoms with van der Waals surface area (Å²) < 4.78 is 0. The molecule has 38 heavy (non-hydrogen) atoms. The van der Waals surface area contributed by atoms with E-state index in [4.69, 9.17) is 30.0 Å². The highest BCUT2D eigenvalue weighted by atomic mass is 16.6. The highest BCUT2D eigenvalue weighted by Crippen LogP contribution is 2.09. The van der Waals surface area contributed by atoms with Crippen LogP contribution in [0.5, 0.6) is 0 Å². The zero-order valence-electron chi connectivity index (χ0n) is 27.2. The van der Waals surface area contributed by atoms with Crippen LogP contribution in [-0.2, 0) is 0 Å². The van der Waals surface area contributed by atoms with E-state index in [-0.39, 0.29) is 0 Å². The van der Waals surface area contributed by atoms with Gasteiger partial charge < -0.3 is 30.2 Å². The van der Waals surface area contributed by atoms with Crippen LogP contribution in [0.4, 0.5) is 9.59 Å². The average molecular weight is 554 g/mol. The molecule has 0 fully saturated rings. The molecule has 0 aromatic carbocycles. The molecule has 0 spiro atoms. The van der Waals surface area contributed by atoms with Crippen molar-refractivity contribution in [3.05, 3.63) is 0 Å². The third kappa shape index (κ3) is 47.6. The second-order valence-electron chi connectivity index (χ2n) is 9.98. The monoisotopic (exact) mass is 554 g/mol. The lowest BCUT2D eigenvalue weighted by molar-refractivity contribution is 0.132. The summed E-state index contributed by atoms with van der Waals surface area (Å²) in [6, 6.07) is 2.00. The SMILES string of the molecule is CC(C)N(C(C)C)C(C)C.CCCN(CCC)CCC.CCCN(CCC)CCC.O=C(O)O.O=C(O)O. The molecule has 0 aliphatic heterocycles. The van der Waals surface area contributed by atoms with Gasteiger partial charge in [-0.05, 0) is 119 Å². The maximum Gasteiger partial charge on any atom is 0.503 e. The van der Waals surface area contributed by atoms with Crippen molar-refractivity contribution in [2.45, 2.75) is 140 Å². The van der Waals surface area contributed by atoms with Gasteiger partial charge in [0.25, 0.3) is 0 Å². The molecule has 0 saturated heterocycles. The standard InChI is InChI=1S/3C9H21N.2CH2O3/c1-7(2)10(8(3)4)9(5)6;2*1-4-7-10(8-5-2)9-6-3;2*2-1(3)4/h7-9H,1-6H3;2*4-9H2,1-3H3;2*(H2,2,3,4). The number of nitrogens with zero attached hydrogens (tertiary/aromatic N) is 3.